The van der Waals surface area contributed by atoms with Crippen LogP contribution < -0.4 is 4.74 Å². The van der Waals surface area contributed by atoms with Crippen molar-refractivity contribution in [2.24, 2.45) is 0 Å². The molecule has 102 valence electrons. The minimum Gasteiger partial charge on any atom is -0.487 e. The molecule has 0 amide bonds. The van der Waals surface area contributed by atoms with Crippen LogP contribution in [0.4, 0.5) is 0 Å². The lowest BCUT2D eigenvalue weighted by molar-refractivity contribution is 0.198. The monoisotopic (exact) mass is 260 g/mol. The van der Waals surface area contributed by atoms with Crippen molar-refractivity contribution in [2.75, 3.05) is 0 Å². The molecule has 1 atom stereocenters. The number of hydrogen-bond acceptors (Lipinski definition) is 3. The number of ether oxygens (including phenoxy) is 1. The molecule has 0 aliphatic heterocycles. The van der Waals surface area contributed by atoms with E-state index in [0.717, 1.165) is 17.0 Å². The first-order valence-electron chi connectivity index (χ1n) is 6.51. The Morgan fingerprint density at radius 1 is 1.26 bits per heavy atom. The number of hydrogen-bond donors (Lipinski definition) is 1. The summed E-state index contributed by atoms with van der Waals surface area (Å²) in [5.74, 6) is 0.748. The van der Waals surface area contributed by atoms with E-state index in [1.807, 2.05) is 41.2 Å². The highest BCUT2D eigenvalue weighted by molar-refractivity contribution is 5.29. The highest BCUT2D eigenvalue weighted by Gasteiger charge is 2.05. The average Bonchev–Trinajstić information content (AvgIpc) is 2.85. The molecule has 1 unspecified atom stereocenters. The molecule has 0 fully saturated rings. The van der Waals surface area contributed by atoms with Crippen molar-refractivity contribution < 1.29 is 9.84 Å². The van der Waals surface area contributed by atoms with Crippen LogP contribution in [0.25, 0.3) is 0 Å². The van der Waals surface area contributed by atoms with Gasteiger partial charge < -0.3 is 9.84 Å². The molecule has 0 aliphatic carbocycles. The van der Waals surface area contributed by atoms with Gasteiger partial charge in [-0.2, -0.15) is 5.10 Å². The largest absolute Gasteiger partial charge is 0.487 e. The van der Waals surface area contributed by atoms with Gasteiger partial charge in [0.2, 0.25) is 0 Å². The lowest BCUT2D eigenvalue weighted by Gasteiger charge is -2.08. The van der Waals surface area contributed by atoms with Gasteiger partial charge in [0.15, 0.2) is 0 Å². The first-order valence-corrected chi connectivity index (χ1v) is 6.51. The van der Waals surface area contributed by atoms with Crippen LogP contribution in [-0.2, 0) is 6.61 Å². The maximum absolute atomic E-state index is 9.53. The van der Waals surface area contributed by atoms with E-state index in [9.17, 15) is 5.11 Å². The quantitative estimate of drug-likeness (QED) is 0.898. The van der Waals surface area contributed by atoms with E-state index < -0.39 is 6.10 Å². The van der Waals surface area contributed by atoms with Crippen LogP contribution in [0.15, 0.2) is 36.5 Å². The molecule has 4 nitrogen and oxygen atoms in total. The topological polar surface area (TPSA) is 47.3 Å². The Kier molecular flexibility index (Phi) is 4.22. The second-order valence-corrected chi connectivity index (χ2v) is 4.92. The highest BCUT2D eigenvalue weighted by Crippen LogP contribution is 2.19. The lowest BCUT2D eigenvalue weighted by atomic mass is 10.1. The van der Waals surface area contributed by atoms with Gasteiger partial charge in [-0.05, 0) is 44.5 Å². The van der Waals surface area contributed by atoms with Crippen molar-refractivity contribution in [3.8, 4) is 5.75 Å². The van der Waals surface area contributed by atoms with Crippen LogP contribution in [0.3, 0.4) is 0 Å². The number of aromatic nitrogens is 2. The minimum atomic E-state index is -0.483. The molecule has 0 saturated carbocycles. The maximum Gasteiger partial charge on any atom is 0.132 e. The van der Waals surface area contributed by atoms with Gasteiger partial charge >= 0.3 is 0 Å². The van der Waals surface area contributed by atoms with Gasteiger partial charge in [-0.1, -0.05) is 12.1 Å². The van der Waals surface area contributed by atoms with E-state index in [2.05, 4.69) is 18.9 Å². The zero-order chi connectivity index (χ0) is 13.8. The highest BCUT2D eigenvalue weighted by atomic mass is 16.5. The van der Waals surface area contributed by atoms with E-state index in [1.54, 1.807) is 6.92 Å². The number of aliphatic hydroxyl groups excluding tert-OH is 1. The molecule has 19 heavy (non-hydrogen) atoms. The fourth-order valence-electron chi connectivity index (χ4n) is 1.76. The average molecular weight is 260 g/mol. The summed E-state index contributed by atoms with van der Waals surface area (Å²) in [5.41, 5.74) is 1.75. The molecule has 1 aromatic heterocycles. The first-order chi connectivity index (χ1) is 9.06. The van der Waals surface area contributed by atoms with Crippen molar-refractivity contribution >= 4 is 0 Å². The Labute approximate surface area is 113 Å². The van der Waals surface area contributed by atoms with Crippen LogP contribution >= 0.6 is 0 Å². The first kappa shape index (κ1) is 13.6. The van der Waals surface area contributed by atoms with E-state index in [-0.39, 0.29) is 0 Å². The minimum absolute atomic E-state index is 0.354. The third kappa shape index (κ3) is 3.58. The fourth-order valence-corrected chi connectivity index (χ4v) is 1.76. The predicted octanol–water partition coefficient (Wildman–Crippen LogP) is 3.10. The van der Waals surface area contributed by atoms with Crippen molar-refractivity contribution in [3.05, 3.63) is 47.8 Å². The summed E-state index contributed by atoms with van der Waals surface area (Å²) < 4.78 is 7.60. The van der Waals surface area contributed by atoms with Crippen LogP contribution in [-0.4, -0.2) is 14.9 Å². The summed E-state index contributed by atoms with van der Waals surface area (Å²) >= 11 is 0. The van der Waals surface area contributed by atoms with Crippen LogP contribution in [0, 0.1) is 0 Å². The van der Waals surface area contributed by atoms with Crippen LogP contribution in [0.2, 0.25) is 0 Å². The molecule has 0 spiro atoms. The number of aliphatic hydroxyl groups is 1. The summed E-state index contributed by atoms with van der Waals surface area (Å²) in [6.07, 6.45) is 1.47. The number of benzene rings is 1. The third-order valence-electron chi connectivity index (χ3n) is 2.92. The van der Waals surface area contributed by atoms with Gasteiger partial charge in [0.05, 0.1) is 11.8 Å². The molecule has 2 rings (SSSR count). The second-order valence-electron chi connectivity index (χ2n) is 4.92. The zero-order valence-corrected chi connectivity index (χ0v) is 11.6. The van der Waals surface area contributed by atoms with E-state index in [0.29, 0.717) is 12.6 Å². The van der Waals surface area contributed by atoms with E-state index >= 15 is 0 Å². The smallest absolute Gasteiger partial charge is 0.132 e. The fraction of sp³-hybridized carbons (Fsp3) is 0.400. The van der Waals surface area contributed by atoms with Gasteiger partial charge in [0.25, 0.3) is 0 Å². The summed E-state index contributed by atoms with van der Waals surface area (Å²) in [6, 6.07) is 9.80. The van der Waals surface area contributed by atoms with Crippen molar-refractivity contribution in [2.45, 2.75) is 39.5 Å². The van der Waals surface area contributed by atoms with E-state index in [4.69, 9.17) is 4.74 Å². The Morgan fingerprint density at radius 2 is 2.05 bits per heavy atom. The molecule has 4 heteroatoms. The van der Waals surface area contributed by atoms with Gasteiger partial charge in [-0.25, -0.2) is 0 Å². The normalized spacial score (nSPS) is 12.7. The molecular weight excluding hydrogens is 240 g/mol. The van der Waals surface area contributed by atoms with E-state index in [1.165, 1.54) is 0 Å². The van der Waals surface area contributed by atoms with Crippen molar-refractivity contribution in [3.63, 3.8) is 0 Å². The Morgan fingerprint density at radius 3 is 2.68 bits per heavy atom. The van der Waals surface area contributed by atoms with Crippen LogP contribution in [0.5, 0.6) is 5.75 Å². The van der Waals surface area contributed by atoms with Gasteiger partial charge in [0, 0.05) is 12.2 Å². The molecule has 1 aromatic carbocycles. The number of nitrogens with zero attached hydrogens (tertiary/aromatic N) is 2. The second kappa shape index (κ2) is 5.89. The van der Waals surface area contributed by atoms with Gasteiger partial charge in [-0.3, -0.25) is 4.68 Å². The third-order valence-corrected chi connectivity index (χ3v) is 2.92. The van der Waals surface area contributed by atoms with Crippen LogP contribution in [0.1, 0.15) is 44.2 Å². The lowest BCUT2D eigenvalue weighted by Crippen LogP contribution is -2.03. The summed E-state index contributed by atoms with van der Waals surface area (Å²) in [7, 11) is 0. The molecule has 1 N–H and O–H groups in total. The standard InChI is InChI=1S/C15H20N2O2/c1-11(2)17-8-7-14(16-17)10-19-15-6-4-5-13(9-15)12(3)18/h4-9,11-12,18H,10H2,1-3H3. The molecule has 0 bridgehead atoms. The Bertz CT molecular complexity index is 532. The molecule has 0 radical (unpaired) electrons. The molecule has 1 heterocycles. The predicted molar refractivity (Wildman–Crippen MR) is 74.0 cm³/mol. The maximum atomic E-state index is 9.53. The Hall–Kier alpha value is -1.81. The van der Waals surface area contributed by atoms with Crippen molar-refractivity contribution in [1.82, 2.24) is 9.78 Å². The summed E-state index contributed by atoms with van der Waals surface area (Å²) in [6.45, 7) is 6.35. The van der Waals surface area contributed by atoms with Gasteiger partial charge in [0.1, 0.15) is 12.4 Å². The molecular formula is C15H20N2O2. The Balaban J connectivity index is 1.99. The SMILES string of the molecule is CC(O)c1cccc(OCc2ccn(C(C)C)n2)c1. The van der Waals surface area contributed by atoms with Gasteiger partial charge in [-0.15, -0.1) is 0 Å². The molecule has 0 aliphatic rings. The zero-order valence-electron chi connectivity index (χ0n) is 11.6. The van der Waals surface area contributed by atoms with Crippen molar-refractivity contribution in [1.29, 1.82) is 0 Å². The summed E-state index contributed by atoms with van der Waals surface area (Å²) in [4.78, 5) is 0. The summed E-state index contributed by atoms with van der Waals surface area (Å²) in [5, 5.41) is 14.0. The molecule has 2 aromatic rings. The molecule has 0 saturated heterocycles. The number of rotatable bonds is 5.